The average Bonchev–Trinajstić information content (AvgIpc) is 2.39. The van der Waals surface area contributed by atoms with Crippen LogP contribution in [0.25, 0.3) is 0 Å². The zero-order valence-electron chi connectivity index (χ0n) is 11.9. The van der Waals surface area contributed by atoms with E-state index in [4.69, 9.17) is 5.73 Å². The van der Waals surface area contributed by atoms with Crippen molar-refractivity contribution in [3.8, 4) is 0 Å². The molecule has 5 nitrogen and oxygen atoms in total. The molecule has 6 heteroatoms. The van der Waals surface area contributed by atoms with E-state index in [9.17, 15) is 8.42 Å². The van der Waals surface area contributed by atoms with Gasteiger partial charge in [0.1, 0.15) is 0 Å². The molecule has 0 amide bonds. The summed E-state index contributed by atoms with van der Waals surface area (Å²) in [5.41, 5.74) is 5.71. The number of nitrogens with two attached hydrogens (primary N) is 1. The second-order valence-corrected chi connectivity index (χ2v) is 8.09. The summed E-state index contributed by atoms with van der Waals surface area (Å²) in [7, 11) is -3.01. The average molecular weight is 289 g/mol. The minimum Gasteiger partial charge on any atom is -0.330 e. The highest BCUT2D eigenvalue weighted by Crippen LogP contribution is 2.22. The third kappa shape index (κ3) is 4.41. The second-order valence-electron chi connectivity index (χ2n) is 6.11. The van der Waals surface area contributed by atoms with Crippen LogP contribution in [0, 0.1) is 11.8 Å². The maximum Gasteiger partial charge on any atom is 0.211 e. The van der Waals surface area contributed by atoms with Crippen LogP contribution in [0.15, 0.2) is 0 Å². The third-order valence-corrected chi connectivity index (χ3v) is 5.78. The van der Waals surface area contributed by atoms with E-state index in [0.29, 0.717) is 24.9 Å². The molecule has 2 rings (SSSR count). The number of piperidine rings is 2. The molecule has 2 N–H and O–H groups in total. The van der Waals surface area contributed by atoms with Crippen molar-refractivity contribution in [2.75, 3.05) is 45.5 Å². The maximum absolute atomic E-state index is 11.6. The summed E-state index contributed by atoms with van der Waals surface area (Å²) in [6.07, 6.45) is 5.86. The molecule has 2 fully saturated rings. The van der Waals surface area contributed by atoms with Gasteiger partial charge in [-0.2, -0.15) is 0 Å². The summed E-state index contributed by atoms with van der Waals surface area (Å²) in [5.74, 6) is 1.19. The molecular weight excluding hydrogens is 262 g/mol. The molecule has 0 spiro atoms. The number of sulfonamides is 1. The van der Waals surface area contributed by atoms with Gasteiger partial charge in [0.2, 0.25) is 10.0 Å². The van der Waals surface area contributed by atoms with Crippen LogP contribution in [0.4, 0.5) is 0 Å². The molecule has 0 aromatic carbocycles. The van der Waals surface area contributed by atoms with Crippen LogP contribution in [0.5, 0.6) is 0 Å². The summed E-state index contributed by atoms with van der Waals surface area (Å²) in [6.45, 7) is 5.50. The quantitative estimate of drug-likeness (QED) is 0.810. The zero-order chi connectivity index (χ0) is 13.9. The van der Waals surface area contributed by atoms with E-state index in [1.54, 1.807) is 4.31 Å². The molecule has 2 saturated heterocycles. The van der Waals surface area contributed by atoms with Crippen molar-refractivity contribution in [1.82, 2.24) is 9.21 Å². The monoisotopic (exact) mass is 289 g/mol. The van der Waals surface area contributed by atoms with Gasteiger partial charge in [-0.1, -0.05) is 0 Å². The number of rotatable bonds is 4. The molecule has 19 heavy (non-hydrogen) atoms. The van der Waals surface area contributed by atoms with E-state index in [-0.39, 0.29) is 0 Å². The lowest BCUT2D eigenvalue weighted by Crippen LogP contribution is -2.45. The molecule has 0 aromatic rings. The molecule has 1 atom stereocenters. The van der Waals surface area contributed by atoms with Gasteiger partial charge < -0.3 is 10.6 Å². The third-order valence-electron chi connectivity index (χ3n) is 4.51. The minimum atomic E-state index is -3.01. The van der Waals surface area contributed by atoms with Crippen LogP contribution in [0.1, 0.15) is 25.7 Å². The van der Waals surface area contributed by atoms with Crippen molar-refractivity contribution in [1.29, 1.82) is 0 Å². The highest BCUT2D eigenvalue weighted by Gasteiger charge is 2.28. The normalized spacial score (nSPS) is 28.6. The highest BCUT2D eigenvalue weighted by atomic mass is 32.2. The number of likely N-dealkylation sites (tertiary alicyclic amines) is 1. The van der Waals surface area contributed by atoms with E-state index >= 15 is 0 Å². The molecule has 0 bridgehead atoms. The van der Waals surface area contributed by atoms with Crippen LogP contribution < -0.4 is 5.73 Å². The summed E-state index contributed by atoms with van der Waals surface area (Å²) in [4.78, 5) is 2.49. The highest BCUT2D eigenvalue weighted by molar-refractivity contribution is 7.88. The van der Waals surface area contributed by atoms with Crippen LogP contribution >= 0.6 is 0 Å². The number of hydrogen-bond acceptors (Lipinski definition) is 4. The number of nitrogens with zero attached hydrogens (tertiary/aromatic N) is 2. The Balaban J connectivity index is 1.80. The molecular formula is C13H27N3O2S. The van der Waals surface area contributed by atoms with Crippen molar-refractivity contribution in [3.05, 3.63) is 0 Å². The molecule has 2 heterocycles. The van der Waals surface area contributed by atoms with Crippen molar-refractivity contribution in [2.24, 2.45) is 17.6 Å². The lowest BCUT2D eigenvalue weighted by Gasteiger charge is -2.37. The van der Waals surface area contributed by atoms with Crippen LogP contribution in [-0.2, 0) is 10.0 Å². The van der Waals surface area contributed by atoms with Crippen molar-refractivity contribution < 1.29 is 8.42 Å². The van der Waals surface area contributed by atoms with Crippen LogP contribution in [0.3, 0.4) is 0 Å². The molecule has 2 aliphatic heterocycles. The van der Waals surface area contributed by atoms with Gasteiger partial charge in [0, 0.05) is 19.6 Å². The molecule has 0 radical (unpaired) electrons. The lowest BCUT2D eigenvalue weighted by atomic mass is 9.94. The predicted molar refractivity (Wildman–Crippen MR) is 77.4 cm³/mol. The fraction of sp³-hybridized carbons (Fsp3) is 1.00. The minimum absolute atomic E-state index is 0.498. The first kappa shape index (κ1) is 15.2. The summed E-state index contributed by atoms with van der Waals surface area (Å²) in [6, 6.07) is 0. The standard InChI is InChI=1S/C13H27N3O2S/c1-19(17,18)16-6-2-3-13(11-16)10-15-7-4-12(9-14)5-8-15/h12-13H,2-11,14H2,1H3. The first-order chi connectivity index (χ1) is 8.99. The maximum atomic E-state index is 11.6. The molecule has 112 valence electrons. The Morgan fingerprint density at radius 1 is 1.11 bits per heavy atom. The van der Waals surface area contributed by atoms with Crippen molar-refractivity contribution >= 4 is 10.0 Å². The van der Waals surface area contributed by atoms with Crippen molar-refractivity contribution in [3.63, 3.8) is 0 Å². The van der Waals surface area contributed by atoms with E-state index in [2.05, 4.69) is 4.90 Å². The van der Waals surface area contributed by atoms with Crippen LogP contribution in [0.2, 0.25) is 0 Å². The van der Waals surface area contributed by atoms with Gasteiger partial charge in [-0.05, 0) is 57.2 Å². The van der Waals surface area contributed by atoms with Gasteiger partial charge in [0.25, 0.3) is 0 Å². The Kier molecular flexibility index (Phi) is 5.22. The fourth-order valence-corrected chi connectivity index (χ4v) is 4.19. The Hall–Kier alpha value is -0.170. The van der Waals surface area contributed by atoms with Crippen LogP contribution in [-0.4, -0.2) is 63.1 Å². The summed E-state index contributed by atoms with van der Waals surface area (Å²) < 4.78 is 24.9. The molecule has 1 unspecified atom stereocenters. The molecule has 0 aromatic heterocycles. The van der Waals surface area contributed by atoms with Gasteiger partial charge in [0.05, 0.1) is 6.26 Å². The Morgan fingerprint density at radius 2 is 1.79 bits per heavy atom. The van der Waals surface area contributed by atoms with E-state index in [1.807, 2.05) is 0 Å². The topological polar surface area (TPSA) is 66.6 Å². The summed E-state index contributed by atoms with van der Waals surface area (Å²) >= 11 is 0. The predicted octanol–water partition coefficient (Wildman–Crippen LogP) is 0.329. The summed E-state index contributed by atoms with van der Waals surface area (Å²) in [5, 5.41) is 0. The smallest absolute Gasteiger partial charge is 0.211 e. The second kappa shape index (κ2) is 6.52. The van der Waals surface area contributed by atoms with E-state index < -0.39 is 10.0 Å². The Morgan fingerprint density at radius 3 is 2.37 bits per heavy atom. The Bertz CT molecular complexity index is 377. The largest absolute Gasteiger partial charge is 0.330 e. The first-order valence-electron chi connectivity index (χ1n) is 7.36. The van der Waals surface area contributed by atoms with Gasteiger partial charge >= 0.3 is 0 Å². The molecule has 2 aliphatic rings. The van der Waals surface area contributed by atoms with E-state index in [1.165, 1.54) is 19.1 Å². The lowest BCUT2D eigenvalue weighted by molar-refractivity contribution is 0.137. The van der Waals surface area contributed by atoms with E-state index in [0.717, 1.165) is 39.0 Å². The van der Waals surface area contributed by atoms with Gasteiger partial charge in [0.15, 0.2) is 0 Å². The SMILES string of the molecule is CS(=O)(=O)N1CCCC(CN2CCC(CN)CC2)C1. The molecule has 0 aliphatic carbocycles. The fourth-order valence-electron chi connectivity index (χ4n) is 3.25. The van der Waals surface area contributed by atoms with Crippen molar-refractivity contribution in [2.45, 2.75) is 25.7 Å². The molecule has 0 saturated carbocycles. The number of hydrogen-bond donors (Lipinski definition) is 1. The Labute approximate surface area is 117 Å². The van der Waals surface area contributed by atoms with Gasteiger partial charge in [-0.15, -0.1) is 0 Å². The first-order valence-corrected chi connectivity index (χ1v) is 9.21. The zero-order valence-corrected chi connectivity index (χ0v) is 12.7. The van der Waals surface area contributed by atoms with Gasteiger partial charge in [-0.3, -0.25) is 0 Å². The van der Waals surface area contributed by atoms with Gasteiger partial charge in [-0.25, -0.2) is 12.7 Å².